The molecule has 1 unspecified atom stereocenters. The van der Waals surface area contributed by atoms with E-state index in [0.29, 0.717) is 12.2 Å². The van der Waals surface area contributed by atoms with Crippen LogP contribution in [0.25, 0.3) is 0 Å². The summed E-state index contributed by atoms with van der Waals surface area (Å²) >= 11 is 0. The summed E-state index contributed by atoms with van der Waals surface area (Å²) in [6.07, 6.45) is 3.50. The fraction of sp³-hybridized carbons (Fsp3) is 0.455. The van der Waals surface area contributed by atoms with Gasteiger partial charge in [0.1, 0.15) is 12.0 Å². The van der Waals surface area contributed by atoms with Crippen molar-refractivity contribution in [1.82, 2.24) is 4.98 Å². The van der Waals surface area contributed by atoms with Crippen molar-refractivity contribution in [2.45, 2.75) is 58.4 Å². The molecule has 0 amide bonds. The number of carbonyl (C=O) groups excluding carboxylic acids is 1. The Hall–Kier alpha value is -1.98. The molecule has 0 spiro atoms. The molecule has 146 valence electrons. The maximum Gasteiger partial charge on any atom is 0.192 e. The molecule has 4 nitrogen and oxygen atoms in total. The first-order chi connectivity index (χ1) is 12.6. The molecule has 0 fully saturated rings. The van der Waals surface area contributed by atoms with Crippen molar-refractivity contribution in [1.29, 1.82) is 0 Å². The first-order valence-corrected chi connectivity index (χ1v) is 12.3. The molecule has 1 atom stereocenters. The Balaban J connectivity index is 1.87. The van der Waals surface area contributed by atoms with Gasteiger partial charge in [-0.05, 0) is 61.0 Å². The van der Waals surface area contributed by atoms with Gasteiger partial charge < -0.3 is 9.16 Å². The van der Waals surface area contributed by atoms with Gasteiger partial charge >= 0.3 is 0 Å². The van der Waals surface area contributed by atoms with Crippen molar-refractivity contribution in [3.05, 3.63) is 59.4 Å². The smallest absolute Gasteiger partial charge is 0.192 e. The highest BCUT2D eigenvalue weighted by Crippen LogP contribution is 2.39. The Kier molecular flexibility index (Phi) is 6.95. The highest BCUT2D eigenvalue weighted by Gasteiger charge is 2.38. The fourth-order valence-electron chi connectivity index (χ4n) is 2.43. The lowest BCUT2D eigenvalue weighted by molar-refractivity contribution is 0.112. The number of hydrogen-bond acceptors (Lipinski definition) is 4. The molecular weight excluding hydrogens is 354 g/mol. The molecule has 1 aromatic carbocycles. The Morgan fingerprint density at radius 2 is 1.78 bits per heavy atom. The SMILES string of the molecule is CC(O[Si](C)(C)C(C)(C)C)c1ccc(CCOc2ccc(C=O)cc2)nc1. The summed E-state index contributed by atoms with van der Waals surface area (Å²) in [6.45, 7) is 13.9. The third kappa shape index (κ3) is 6.01. The number of aromatic nitrogens is 1. The second-order valence-corrected chi connectivity index (χ2v) is 13.1. The number of rotatable bonds is 8. The van der Waals surface area contributed by atoms with Crippen molar-refractivity contribution in [3.8, 4) is 5.75 Å². The molecule has 0 aliphatic rings. The van der Waals surface area contributed by atoms with E-state index in [-0.39, 0.29) is 11.1 Å². The third-order valence-corrected chi connectivity index (χ3v) is 9.79. The summed E-state index contributed by atoms with van der Waals surface area (Å²) in [5.74, 6) is 0.758. The van der Waals surface area contributed by atoms with Gasteiger partial charge in [0.05, 0.1) is 12.7 Å². The quantitative estimate of drug-likeness (QED) is 0.438. The number of pyridine rings is 1. The third-order valence-electron chi connectivity index (χ3n) is 5.24. The maximum atomic E-state index is 10.7. The molecule has 1 aromatic heterocycles. The predicted molar refractivity (Wildman–Crippen MR) is 112 cm³/mol. The number of nitrogens with zero attached hydrogens (tertiary/aromatic N) is 1. The lowest BCUT2D eigenvalue weighted by atomic mass is 10.1. The lowest BCUT2D eigenvalue weighted by Gasteiger charge is -2.38. The highest BCUT2D eigenvalue weighted by atomic mass is 28.4. The van der Waals surface area contributed by atoms with Gasteiger partial charge in [-0.2, -0.15) is 0 Å². The van der Waals surface area contributed by atoms with E-state index in [4.69, 9.17) is 9.16 Å². The van der Waals surface area contributed by atoms with Crippen molar-refractivity contribution in [2.75, 3.05) is 6.61 Å². The monoisotopic (exact) mass is 385 g/mol. The first kappa shape index (κ1) is 21.3. The van der Waals surface area contributed by atoms with Gasteiger partial charge in [-0.3, -0.25) is 9.78 Å². The highest BCUT2D eigenvalue weighted by molar-refractivity contribution is 6.74. The molecule has 2 aromatic rings. The van der Waals surface area contributed by atoms with E-state index >= 15 is 0 Å². The van der Waals surface area contributed by atoms with Crippen LogP contribution in [0.5, 0.6) is 5.75 Å². The van der Waals surface area contributed by atoms with Gasteiger partial charge in [0.25, 0.3) is 0 Å². The maximum absolute atomic E-state index is 10.7. The second kappa shape index (κ2) is 8.80. The van der Waals surface area contributed by atoms with Gasteiger partial charge in [-0.1, -0.05) is 26.8 Å². The second-order valence-electron chi connectivity index (χ2n) is 8.39. The zero-order chi connectivity index (χ0) is 20.1. The largest absolute Gasteiger partial charge is 0.493 e. The first-order valence-electron chi connectivity index (χ1n) is 9.43. The average molecular weight is 386 g/mol. The lowest BCUT2D eigenvalue weighted by Crippen LogP contribution is -2.41. The Morgan fingerprint density at radius 1 is 1.11 bits per heavy atom. The summed E-state index contributed by atoms with van der Waals surface area (Å²) in [6, 6.07) is 11.2. The van der Waals surface area contributed by atoms with E-state index in [2.05, 4.69) is 51.8 Å². The topological polar surface area (TPSA) is 48.4 Å². The minimum Gasteiger partial charge on any atom is -0.493 e. The molecule has 0 saturated heterocycles. The van der Waals surface area contributed by atoms with Crippen LogP contribution in [0.3, 0.4) is 0 Å². The molecule has 0 aliphatic heterocycles. The van der Waals surface area contributed by atoms with Crippen LogP contribution in [-0.2, 0) is 10.8 Å². The number of carbonyl (C=O) groups is 1. The Bertz CT molecular complexity index is 734. The van der Waals surface area contributed by atoms with Gasteiger partial charge in [0.15, 0.2) is 8.32 Å². The van der Waals surface area contributed by atoms with Gasteiger partial charge in [0, 0.05) is 23.9 Å². The molecule has 1 heterocycles. The van der Waals surface area contributed by atoms with Gasteiger partial charge in [-0.15, -0.1) is 0 Å². The van der Waals surface area contributed by atoms with E-state index < -0.39 is 8.32 Å². The van der Waals surface area contributed by atoms with E-state index in [1.165, 1.54) is 0 Å². The van der Waals surface area contributed by atoms with Crippen LogP contribution < -0.4 is 4.74 Å². The number of aldehydes is 1. The van der Waals surface area contributed by atoms with Crippen LogP contribution in [-0.4, -0.2) is 26.2 Å². The van der Waals surface area contributed by atoms with Gasteiger partial charge in [-0.25, -0.2) is 0 Å². The van der Waals surface area contributed by atoms with Crippen molar-refractivity contribution >= 4 is 14.6 Å². The molecule has 0 aliphatic carbocycles. The van der Waals surface area contributed by atoms with Crippen molar-refractivity contribution in [3.63, 3.8) is 0 Å². The van der Waals surface area contributed by atoms with E-state index in [1.54, 1.807) is 24.3 Å². The zero-order valence-electron chi connectivity index (χ0n) is 17.3. The number of hydrogen-bond donors (Lipinski definition) is 0. The minimum absolute atomic E-state index is 0.0417. The summed E-state index contributed by atoms with van der Waals surface area (Å²) in [4.78, 5) is 15.2. The van der Waals surface area contributed by atoms with Crippen LogP contribution in [0, 0.1) is 0 Å². The Labute approximate surface area is 164 Å². The molecule has 2 rings (SSSR count). The minimum atomic E-state index is -1.80. The van der Waals surface area contributed by atoms with Crippen LogP contribution in [0.15, 0.2) is 42.6 Å². The van der Waals surface area contributed by atoms with Crippen molar-refractivity contribution in [2.24, 2.45) is 0 Å². The summed E-state index contributed by atoms with van der Waals surface area (Å²) in [7, 11) is -1.80. The summed E-state index contributed by atoms with van der Waals surface area (Å²) < 4.78 is 12.2. The van der Waals surface area contributed by atoms with Gasteiger partial charge in [0.2, 0.25) is 0 Å². The molecular formula is C22H31NO3Si. The molecule has 0 radical (unpaired) electrons. The molecule has 0 bridgehead atoms. The number of ether oxygens (including phenoxy) is 1. The normalized spacial score (nSPS) is 13.3. The van der Waals surface area contributed by atoms with Crippen LogP contribution in [0.4, 0.5) is 0 Å². The average Bonchev–Trinajstić information content (AvgIpc) is 2.61. The van der Waals surface area contributed by atoms with E-state index in [0.717, 1.165) is 29.7 Å². The van der Waals surface area contributed by atoms with Crippen LogP contribution in [0.1, 0.15) is 55.4 Å². The predicted octanol–water partition coefficient (Wildman–Crippen LogP) is 5.60. The molecule has 27 heavy (non-hydrogen) atoms. The van der Waals surface area contributed by atoms with Crippen LogP contribution in [0.2, 0.25) is 18.1 Å². The van der Waals surface area contributed by atoms with E-state index in [9.17, 15) is 4.79 Å². The molecule has 0 N–H and O–H groups in total. The van der Waals surface area contributed by atoms with Crippen molar-refractivity contribution < 1.29 is 14.0 Å². The zero-order valence-corrected chi connectivity index (χ0v) is 18.3. The summed E-state index contributed by atoms with van der Waals surface area (Å²) in [5.41, 5.74) is 2.74. The standard InChI is InChI=1S/C22H31NO3Si/c1-17(26-27(5,6)22(2,3)4)19-9-10-20(23-15-19)13-14-25-21-11-7-18(16-24)8-12-21/h7-12,15-17H,13-14H2,1-6H3. The fourth-order valence-corrected chi connectivity index (χ4v) is 3.80. The Morgan fingerprint density at radius 3 is 2.30 bits per heavy atom. The number of benzene rings is 1. The van der Waals surface area contributed by atoms with E-state index in [1.807, 2.05) is 12.3 Å². The molecule has 0 saturated carbocycles. The van der Waals surface area contributed by atoms with Crippen LogP contribution >= 0.6 is 0 Å². The summed E-state index contributed by atoms with van der Waals surface area (Å²) in [5, 5.41) is 0.190. The molecule has 5 heteroatoms.